The summed E-state index contributed by atoms with van der Waals surface area (Å²) in [5, 5.41) is 25.2. The number of nitrogens with one attached hydrogen (secondary N) is 1. The predicted octanol–water partition coefficient (Wildman–Crippen LogP) is 6.56. The summed E-state index contributed by atoms with van der Waals surface area (Å²) in [5.74, 6) is 3.47. The van der Waals surface area contributed by atoms with E-state index in [-0.39, 0.29) is 29.1 Å². The van der Waals surface area contributed by atoms with Crippen molar-refractivity contribution in [3.63, 3.8) is 0 Å². The first kappa shape index (κ1) is 28.2. The number of carbonyl (C=O) groups is 1. The van der Waals surface area contributed by atoms with E-state index in [1.807, 2.05) is 0 Å². The number of hydrogen-bond acceptors (Lipinski definition) is 4. The molecule has 3 N–H and O–H groups in total. The van der Waals surface area contributed by atoms with Crippen molar-refractivity contribution < 1.29 is 19.7 Å². The second-order valence-corrected chi connectivity index (χ2v) is 13.7. The maximum absolute atomic E-state index is 12.0. The zero-order valence-corrected chi connectivity index (χ0v) is 23.8. The van der Waals surface area contributed by atoms with E-state index in [4.69, 9.17) is 4.74 Å². The highest BCUT2D eigenvalue weighted by molar-refractivity contribution is 5.66. The molecule has 5 nitrogen and oxygen atoms in total. The molecule has 4 fully saturated rings. The molecule has 208 valence electrons. The molecular weight excluding hydrogens is 450 g/mol. The van der Waals surface area contributed by atoms with E-state index in [2.05, 4.69) is 39.9 Å². The fourth-order valence-electron chi connectivity index (χ4n) is 10.1. The number of fused-ring (bicyclic) bond motifs is 5. The van der Waals surface area contributed by atoms with Crippen LogP contribution in [0.15, 0.2) is 0 Å². The van der Waals surface area contributed by atoms with E-state index >= 15 is 0 Å². The van der Waals surface area contributed by atoms with Crippen LogP contribution in [0.4, 0.5) is 4.79 Å². The lowest BCUT2D eigenvalue weighted by Crippen LogP contribution is -2.62. The van der Waals surface area contributed by atoms with Gasteiger partial charge in [-0.15, -0.1) is 0 Å². The van der Waals surface area contributed by atoms with Crippen LogP contribution in [-0.4, -0.2) is 41.7 Å². The molecule has 0 bridgehead atoms. The smallest absolute Gasteiger partial charge is 0.407 e. The van der Waals surface area contributed by atoms with Gasteiger partial charge in [0, 0.05) is 6.54 Å². The van der Waals surface area contributed by atoms with Crippen molar-refractivity contribution in [2.24, 2.45) is 52.3 Å². The number of aliphatic hydroxyl groups is 2. The lowest BCUT2D eigenvalue weighted by atomic mass is 9.41. The number of carbonyl (C=O) groups excluding carboxylic acids is 1. The Balaban J connectivity index is 1.40. The quantitative estimate of drug-likeness (QED) is 0.310. The molecule has 0 aromatic heterocycles. The third-order valence-corrected chi connectivity index (χ3v) is 12.0. The second-order valence-electron chi connectivity index (χ2n) is 13.7. The van der Waals surface area contributed by atoms with Crippen LogP contribution in [0, 0.1) is 52.3 Å². The second kappa shape index (κ2) is 11.5. The number of ether oxygens (including phenoxy) is 1. The molecule has 0 heterocycles. The van der Waals surface area contributed by atoms with Crippen molar-refractivity contribution in [2.75, 3.05) is 13.2 Å². The molecule has 0 spiro atoms. The van der Waals surface area contributed by atoms with Gasteiger partial charge in [-0.2, -0.15) is 0 Å². The first-order valence-electron chi connectivity index (χ1n) is 15.4. The maximum Gasteiger partial charge on any atom is 0.407 e. The molecule has 0 radical (unpaired) electrons. The first-order chi connectivity index (χ1) is 17.2. The molecule has 4 aliphatic rings. The average Bonchev–Trinajstić information content (AvgIpc) is 3.20. The number of amides is 1. The first-order valence-corrected chi connectivity index (χ1v) is 15.4. The topological polar surface area (TPSA) is 78.8 Å². The standard InChI is InChI=1S/C31H55NO4/c1-6-8-9-17-32-29(35)36-18-14-20(3)23-10-11-24-27-25(13-16-30(23,24)4)31(5)15-12-21(33)19-26(31)22(7-2)28(27)34/h20-28,33-34H,6-19H2,1-5H3,(H,32,35)/t20-,21-,22-,23?,24?,25+,26+,27?,28-,30-,31-/m1/s1. The lowest BCUT2D eigenvalue weighted by molar-refractivity contribution is -0.203. The molecule has 0 aromatic rings. The summed E-state index contributed by atoms with van der Waals surface area (Å²) in [5.41, 5.74) is 0.521. The van der Waals surface area contributed by atoms with Gasteiger partial charge in [-0.05, 0) is 110 Å². The fourth-order valence-corrected chi connectivity index (χ4v) is 10.1. The minimum atomic E-state index is -0.273. The van der Waals surface area contributed by atoms with Crippen molar-refractivity contribution >= 4 is 6.09 Å². The maximum atomic E-state index is 12.0. The summed E-state index contributed by atoms with van der Waals surface area (Å²) in [6.07, 6.45) is 12.4. The average molecular weight is 506 g/mol. The Labute approximate surface area is 220 Å². The molecule has 4 aliphatic carbocycles. The van der Waals surface area contributed by atoms with Crippen molar-refractivity contribution in [3.8, 4) is 0 Å². The molecule has 5 heteroatoms. The van der Waals surface area contributed by atoms with Gasteiger partial charge < -0.3 is 20.3 Å². The lowest BCUT2D eigenvalue weighted by Gasteiger charge is -2.64. The van der Waals surface area contributed by atoms with Crippen molar-refractivity contribution in [3.05, 3.63) is 0 Å². The van der Waals surface area contributed by atoms with Crippen LogP contribution in [0.1, 0.15) is 112 Å². The monoisotopic (exact) mass is 505 g/mol. The van der Waals surface area contributed by atoms with Crippen molar-refractivity contribution in [1.29, 1.82) is 0 Å². The van der Waals surface area contributed by atoms with Gasteiger partial charge in [0.1, 0.15) is 0 Å². The minimum absolute atomic E-state index is 0.188. The van der Waals surface area contributed by atoms with Crippen LogP contribution < -0.4 is 5.32 Å². The van der Waals surface area contributed by atoms with E-state index in [9.17, 15) is 15.0 Å². The Morgan fingerprint density at radius 3 is 2.44 bits per heavy atom. The van der Waals surface area contributed by atoms with Crippen LogP contribution in [0.5, 0.6) is 0 Å². The summed E-state index contributed by atoms with van der Waals surface area (Å²) in [6, 6.07) is 0. The van der Waals surface area contributed by atoms with E-state index < -0.39 is 0 Å². The third-order valence-electron chi connectivity index (χ3n) is 12.0. The molecule has 1 amide bonds. The highest BCUT2D eigenvalue weighted by Crippen LogP contribution is 2.69. The Hall–Kier alpha value is -0.810. The molecule has 3 unspecified atom stereocenters. The highest BCUT2D eigenvalue weighted by atomic mass is 16.5. The third kappa shape index (κ3) is 5.09. The molecule has 4 rings (SSSR count). The van der Waals surface area contributed by atoms with Gasteiger partial charge in [-0.25, -0.2) is 4.79 Å². The number of rotatable bonds is 9. The minimum Gasteiger partial charge on any atom is -0.450 e. The van der Waals surface area contributed by atoms with Gasteiger partial charge in [-0.3, -0.25) is 0 Å². The normalized spacial score (nSPS) is 44.8. The van der Waals surface area contributed by atoms with Crippen LogP contribution >= 0.6 is 0 Å². The summed E-state index contributed by atoms with van der Waals surface area (Å²) in [6.45, 7) is 13.0. The Kier molecular flexibility index (Phi) is 9.02. The van der Waals surface area contributed by atoms with Gasteiger partial charge in [0.25, 0.3) is 0 Å². The SMILES string of the molecule is CCCCCNC(=O)OCC[C@@H](C)C1CCC2C3[C@H](O)[C@H](CC)[C@@H]4C[C@H](O)CC[C@]4(C)[C@H]3CC[C@@]21C. The zero-order valence-electron chi connectivity index (χ0n) is 23.8. The Morgan fingerprint density at radius 1 is 1.00 bits per heavy atom. The van der Waals surface area contributed by atoms with Gasteiger partial charge in [0.05, 0.1) is 18.8 Å². The highest BCUT2D eigenvalue weighted by Gasteiger charge is 2.64. The van der Waals surface area contributed by atoms with Crippen LogP contribution in [0.2, 0.25) is 0 Å². The number of unbranched alkanes of at least 4 members (excludes halogenated alkanes) is 2. The summed E-state index contributed by atoms with van der Waals surface area (Å²) in [7, 11) is 0. The molecule has 4 saturated carbocycles. The number of hydrogen-bond donors (Lipinski definition) is 3. The van der Waals surface area contributed by atoms with E-state index in [1.54, 1.807) is 0 Å². The van der Waals surface area contributed by atoms with Gasteiger partial charge in [-0.1, -0.05) is 53.9 Å². The van der Waals surface area contributed by atoms with Gasteiger partial charge >= 0.3 is 6.09 Å². The molecular formula is C31H55NO4. The van der Waals surface area contributed by atoms with Crippen LogP contribution in [0.3, 0.4) is 0 Å². The number of aliphatic hydroxyl groups excluding tert-OH is 2. The Morgan fingerprint density at radius 2 is 1.72 bits per heavy atom. The molecule has 0 aliphatic heterocycles. The van der Waals surface area contributed by atoms with Crippen molar-refractivity contribution in [1.82, 2.24) is 5.32 Å². The van der Waals surface area contributed by atoms with Gasteiger partial charge in [0.15, 0.2) is 0 Å². The molecule has 0 saturated heterocycles. The van der Waals surface area contributed by atoms with Crippen LogP contribution in [-0.2, 0) is 4.74 Å². The zero-order chi connectivity index (χ0) is 26.1. The number of alkyl carbamates (subject to hydrolysis) is 1. The largest absolute Gasteiger partial charge is 0.450 e. The molecule has 0 aromatic carbocycles. The summed E-state index contributed by atoms with van der Waals surface area (Å²) in [4.78, 5) is 12.0. The van der Waals surface area contributed by atoms with Crippen LogP contribution in [0.25, 0.3) is 0 Å². The molecule has 36 heavy (non-hydrogen) atoms. The van der Waals surface area contributed by atoms with E-state index in [1.165, 1.54) is 25.7 Å². The Bertz CT molecular complexity index is 744. The van der Waals surface area contributed by atoms with E-state index in [0.29, 0.717) is 54.6 Å². The fraction of sp³-hybridized carbons (Fsp3) is 0.968. The summed E-state index contributed by atoms with van der Waals surface area (Å²) < 4.78 is 5.52. The van der Waals surface area contributed by atoms with Crippen molar-refractivity contribution in [2.45, 2.75) is 124 Å². The summed E-state index contributed by atoms with van der Waals surface area (Å²) >= 11 is 0. The molecule has 11 atom stereocenters. The van der Waals surface area contributed by atoms with E-state index in [0.717, 1.165) is 51.4 Å². The predicted molar refractivity (Wildman–Crippen MR) is 144 cm³/mol. The van der Waals surface area contributed by atoms with Gasteiger partial charge in [0.2, 0.25) is 0 Å².